The second-order valence-electron chi connectivity index (χ2n) is 3.90. The van der Waals surface area contributed by atoms with E-state index in [1.807, 2.05) is 7.05 Å². The van der Waals surface area contributed by atoms with E-state index in [2.05, 4.69) is 27.8 Å². The number of nitrogens with zero attached hydrogens (tertiary/aromatic N) is 1. The molecule has 0 amide bonds. The summed E-state index contributed by atoms with van der Waals surface area (Å²) in [5.41, 5.74) is 0. The maximum absolute atomic E-state index is 11.5. The van der Waals surface area contributed by atoms with Gasteiger partial charge in [-0.05, 0) is 27.8 Å². The zero-order valence-corrected chi connectivity index (χ0v) is 11.7. The van der Waals surface area contributed by atoms with Crippen molar-refractivity contribution >= 4 is 25.8 Å². The van der Waals surface area contributed by atoms with Gasteiger partial charge in [0.25, 0.3) is 0 Å². The van der Waals surface area contributed by atoms with Gasteiger partial charge in [-0.1, -0.05) is 15.9 Å². The molecule has 0 aromatic carbocycles. The van der Waals surface area contributed by atoms with Crippen LogP contribution in [-0.4, -0.2) is 49.3 Å². The number of halogens is 1. The van der Waals surface area contributed by atoms with Gasteiger partial charge in [0.15, 0.2) is 9.84 Å². The SMILES string of the molecule is CC(CBr)N(C)CCS(=O)(=O)C(C)C. The van der Waals surface area contributed by atoms with Crippen LogP contribution >= 0.6 is 15.9 Å². The topological polar surface area (TPSA) is 37.4 Å². The molecular formula is C9H20BrNO2S. The Balaban J connectivity index is 4.07. The lowest BCUT2D eigenvalue weighted by Crippen LogP contribution is -2.35. The molecule has 0 aliphatic rings. The smallest absolute Gasteiger partial charge is 0.153 e. The van der Waals surface area contributed by atoms with Gasteiger partial charge in [0, 0.05) is 17.9 Å². The maximum Gasteiger partial charge on any atom is 0.153 e. The van der Waals surface area contributed by atoms with E-state index in [0.717, 1.165) is 5.33 Å². The molecule has 0 bridgehead atoms. The first kappa shape index (κ1) is 14.4. The van der Waals surface area contributed by atoms with Gasteiger partial charge in [0.2, 0.25) is 0 Å². The Morgan fingerprint density at radius 1 is 1.29 bits per heavy atom. The van der Waals surface area contributed by atoms with Crippen LogP contribution in [0, 0.1) is 0 Å². The van der Waals surface area contributed by atoms with Gasteiger partial charge in [-0.2, -0.15) is 0 Å². The van der Waals surface area contributed by atoms with E-state index in [1.165, 1.54) is 0 Å². The normalized spacial score (nSPS) is 15.1. The highest BCUT2D eigenvalue weighted by Gasteiger charge is 2.17. The average Bonchev–Trinajstić information content (AvgIpc) is 2.12. The minimum absolute atomic E-state index is 0.249. The number of rotatable bonds is 6. The fourth-order valence-corrected chi connectivity index (χ4v) is 2.35. The quantitative estimate of drug-likeness (QED) is 0.695. The van der Waals surface area contributed by atoms with Gasteiger partial charge in [-0.25, -0.2) is 8.42 Å². The molecule has 0 saturated carbocycles. The van der Waals surface area contributed by atoms with Crippen molar-refractivity contribution in [2.24, 2.45) is 0 Å². The summed E-state index contributed by atoms with van der Waals surface area (Å²) in [7, 11) is -0.946. The monoisotopic (exact) mass is 285 g/mol. The third kappa shape index (κ3) is 4.75. The van der Waals surface area contributed by atoms with Crippen LogP contribution in [-0.2, 0) is 9.84 Å². The van der Waals surface area contributed by atoms with E-state index in [9.17, 15) is 8.42 Å². The molecule has 0 aliphatic heterocycles. The van der Waals surface area contributed by atoms with Gasteiger partial charge < -0.3 is 4.90 Å². The molecule has 0 radical (unpaired) electrons. The number of hydrogen-bond acceptors (Lipinski definition) is 3. The van der Waals surface area contributed by atoms with E-state index >= 15 is 0 Å². The van der Waals surface area contributed by atoms with E-state index in [-0.39, 0.29) is 11.0 Å². The van der Waals surface area contributed by atoms with Crippen LogP contribution in [0.4, 0.5) is 0 Å². The predicted molar refractivity (Wildman–Crippen MR) is 64.8 cm³/mol. The molecule has 0 aliphatic carbocycles. The van der Waals surface area contributed by atoms with Gasteiger partial charge in [-0.3, -0.25) is 0 Å². The second-order valence-corrected chi connectivity index (χ2v) is 7.22. The summed E-state index contributed by atoms with van der Waals surface area (Å²) < 4.78 is 23.0. The fourth-order valence-electron chi connectivity index (χ4n) is 0.845. The molecule has 1 atom stereocenters. The van der Waals surface area contributed by atoms with Crippen molar-refractivity contribution < 1.29 is 8.42 Å². The van der Waals surface area contributed by atoms with Gasteiger partial charge in [0.05, 0.1) is 11.0 Å². The van der Waals surface area contributed by atoms with E-state index < -0.39 is 9.84 Å². The number of alkyl halides is 1. The van der Waals surface area contributed by atoms with Crippen molar-refractivity contribution in [3.63, 3.8) is 0 Å². The van der Waals surface area contributed by atoms with Crippen LogP contribution in [0.3, 0.4) is 0 Å². The lowest BCUT2D eigenvalue weighted by Gasteiger charge is -2.22. The van der Waals surface area contributed by atoms with Crippen LogP contribution in [0.5, 0.6) is 0 Å². The highest BCUT2D eigenvalue weighted by Crippen LogP contribution is 2.04. The van der Waals surface area contributed by atoms with Crippen LogP contribution in [0.2, 0.25) is 0 Å². The molecule has 0 aromatic heterocycles. The zero-order valence-electron chi connectivity index (χ0n) is 9.33. The number of hydrogen-bond donors (Lipinski definition) is 0. The first-order chi connectivity index (χ1) is 6.31. The van der Waals surface area contributed by atoms with Crippen molar-refractivity contribution in [1.29, 1.82) is 0 Å². The maximum atomic E-state index is 11.5. The van der Waals surface area contributed by atoms with Gasteiger partial charge in [0.1, 0.15) is 0 Å². The molecule has 86 valence electrons. The second kappa shape index (κ2) is 6.08. The summed E-state index contributed by atoms with van der Waals surface area (Å²) in [5.74, 6) is 0.249. The van der Waals surface area contributed by atoms with Gasteiger partial charge >= 0.3 is 0 Å². The minimum Gasteiger partial charge on any atom is -0.302 e. The Morgan fingerprint density at radius 2 is 1.79 bits per heavy atom. The summed E-state index contributed by atoms with van der Waals surface area (Å²) >= 11 is 3.37. The Bertz CT molecular complexity index is 252. The molecule has 0 saturated heterocycles. The highest BCUT2D eigenvalue weighted by atomic mass is 79.9. The molecule has 0 aromatic rings. The number of sulfone groups is 1. The summed E-state index contributed by atoms with van der Waals surface area (Å²) in [6.07, 6.45) is 0. The Labute approximate surface area is 95.9 Å². The first-order valence-corrected chi connectivity index (χ1v) is 7.62. The Kier molecular flexibility index (Phi) is 6.25. The lowest BCUT2D eigenvalue weighted by molar-refractivity contribution is 0.294. The third-order valence-electron chi connectivity index (χ3n) is 2.42. The summed E-state index contributed by atoms with van der Waals surface area (Å²) in [6, 6.07) is 0.373. The largest absolute Gasteiger partial charge is 0.302 e. The molecule has 5 heteroatoms. The van der Waals surface area contributed by atoms with E-state index in [4.69, 9.17) is 0 Å². The van der Waals surface area contributed by atoms with Crippen LogP contribution in [0.25, 0.3) is 0 Å². The molecule has 3 nitrogen and oxygen atoms in total. The van der Waals surface area contributed by atoms with Crippen molar-refractivity contribution in [2.75, 3.05) is 24.7 Å². The Hall–Kier alpha value is 0.390. The molecule has 0 heterocycles. The van der Waals surface area contributed by atoms with Crippen LogP contribution in [0.1, 0.15) is 20.8 Å². The standard InChI is InChI=1S/C9H20BrNO2S/c1-8(2)14(12,13)6-5-11(4)9(3)7-10/h8-9H,5-7H2,1-4H3. The van der Waals surface area contributed by atoms with E-state index in [1.54, 1.807) is 13.8 Å². The zero-order chi connectivity index (χ0) is 11.4. The molecule has 0 spiro atoms. The molecule has 14 heavy (non-hydrogen) atoms. The first-order valence-electron chi connectivity index (χ1n) is 4.79. The van der Waals surface area contributed by atoms with Crippen LogP contribution in [0.15, 0.2) is 0 Å². The third-order valence-corrected chi connectivity index (χ3v) is 5.55. The average molecular weight is 286 g/mol. The van der Waals surface area contributed by atoms with Crippen LogP contribution < -0.4 is 0 Å². The minimum atomic E-state index is -2.89. The predicted octanol–water partition coefficient (Wildman–Crippen LogP) is 1.52. The van der Waals surface area contributed by atoms with Crippen molar-refractivity contribution in [2.45, 2.75) is 32.1 Å². The molecule has 0 rings (SSSR count). The fraction of sp³-hybridized carbons (Fsp3) is 1.00. The Morgan fingerprint density at radius 3 is 2.14 bits per heavy atom. The molecule has 0 fully saturated rings. The lowest BCUT2D eigenvalue weighted by atomic mass is 10.3. The molecule has 1 unspecified atom stereocenters. The van der Waals surface area contributed by atoms with Gasteiger partial charge in [-0.15, -0.1) is 0 Å². The van der Waals surface area contributed by atoms with Crippen molar-refractivity contribution in [3.05, 3.63) is 0 Å². The summed E-state index contributed by atoms with van der Waals surface area (Å²) in [5, 5.41) is 0.598. The molecular weight excluding hydrogens is 266 g/mol. The molecule has 0 N–H and O–H groups in total. The summed E-state index contributed by atoms with van der Waals surface area (Å²) in [4.78, 5) is 2.05. The summed E-state index contributed by atoms with van der Waals surface area (Å²) in [6.45, 7) is 6.12. The van der Waals surface area contributed by atoms with Crippen molar-refractivity contribution in [1.82, 2.24) is 4.90 Å². The van der Waals surface area contributed by atoms with Crippen molar-refractivity contribution in [3.8, 4) is 0 Å². The highest BCUT2D eigenvalue weighted by molar-refractivity contribution is 9.09. The van der Waals surface area contributed by atoms with E-state index in [0.29, 0.717) is 12.6 Å².